The second kappa shape index (κ2) is 4.68. The molecule has 2 aromatic carbocycles. The van der Waals surface area contributed by atoms with Crippen LogP contribution in [0.15, 0.2) is 48.5 Å². The van der Waals surface area contributed by atoms with Crippen molar-refractivity contribution in [1.82, 2.24) is 19.9 Å². The molecule has 5 aromatic rings. The van der Waals surface area contributed by atoms with E-state index in [1.165, 1.54) is 0 Å². The Balaban J connectivity index is 1.95. The molecule has 0 aliphatic rings. The van der Waals surface area contributed by atoms with Gasteiger partial charge in [0.2, 0.25) is 0 Å². The topological polar surface area (TPSA) is 51.6 Å². The standard InChI is InChI=1S/C20H14N4/c1-11-3-5-13-15(21-11)7-9-17-19(13)23-18-10-8-16-14(20(18)24-17)6-4-12(2)22-16/h3-10H,1-2H3. The maximum absolute atomic E-state index is 4.88. The van der Waals surface area contributed by atoms with Crippen LogP contribution in [0.3, 0.4) is 0 Å². The van der Waals surface area contributed by atoms with Crippen molar-refractivity contribution in [2.24, 2.45) is 0 Å². The number of pyridine rings is 2. The van der Waals surface area contributed by atoms with Crippen LogP contribution < -0.4 is 0 Å². The smallest absolute Gasteiger partial charge is 0.0988 e. The summed E-state index contributed by atoms with van der Waals surface area (Å²) < 4.78 is 0. The number of aromatic nitrogens is 4. The summed E-state index contributed by atoms with van der Waals surface area (Å²) in [5.74, 6) is 0. The van der Waals surface area contributed by atoms with Gasteiger partial charge in [0.1, 0.15) is 0 Å². The van der Waals surface area contributed by atoms with Gasteiger partial charge in [-0.1, -0.05) is 0 Å². The molecule has 4 heteroatoms. The fourth-order valence-electron chi connectivity index (χ4n) is 3.21. The average molecular weight is 310 g/mol. The molecule has 0 fully saturated rings. The molecular weight excluding hydrogens is 296 g/mol. The third-order valence-corrected chi connectivity index (χ3v) is 4.39. The molecule has 24 heavy (non-hydrogen) atoms. The van der Waals surface area contributed by atoms with E-state index in [1.54, 1.807) is 0 Å². The minimum Gasteiger partial charge on any atom is -0.253 e. The van der Waals surface area contributed by atoms with Crippen LogP contribution in [0.4, 0.5) is 0 Å². The lowest BCUT2D eigenvalue weighted by molar-refractivity contribution is 1.25. The van der Waals surface area contributed by atoms with Crippen LogP contribution in [0.25, 0.3) is 43.9 Å². The minimum atomic E-state index is 0.883. The minimum absolute atomic E-state index is 0.883. The zero-order valence-corrected chi connectivity index (χ0v) is 13.4. The van der Waals surface area contributed by atoms with Gasteiger partial charge in [-0.25, -0.2) is 9.97 Å². The van der Waals surface area contributed by atoms with Crippen molar-refractivity contribution in [1.29, 1.82) is 0 Å². The molecule has 0 unspecified atom stereocenters. The van der Waals surface area contributed by atoms with Gasteiger partial charge in [-0.3, -0.25) is 9.97 Å². The highest BCUT2D eigenvalue weighted by atomic mass is 14.8. The molecule has 5 rings (SSSR count). The Morgan fingerprint density at radius 3 is 1.33 bits per heavy atom. The molecule has 0 radical (unpaired) electrons. The summed E-state index contributed by atoms with van der Waals surface area (Å²) in [7, 11) is 0. The van der Waals surface area contributed by atoms with Gasteiger partial charge in [-0.15, -0.1) is 0 Å². The second-order valence-electron chi connectivity index (χ2n) is 6.13. The number of benzene rings is 2. The van der Waals surface area contributed by atoms with Crippen LogP contribution in [0, 0.1) is 13.8 Å². The van der Waals surface area contributed by atoms with Crippen molar-refractivity contribution >= 4 is 43.9 Å². The Bertz CT molecular complexity index is 1170. The van der Waals surface area contributed by atoms with Crippen molar-refractivity contribution in [2.75, 3.05) is 0 Å². The van der Waals surface area contributed by atoms with E-state index in [1.807, 2.05) is 50.2 Å². The van der Waals surface area contributed by atoms with E-state index in [4.69, 9.17) is 9.97 Å². The van der Waals surface area contributed by atoms with Gasteiger partial charge < -0.3 is 0 Å². The lowest BCUT2D eigenvalue weighted by atomic mass is 10.1. The Morgan fingerprint density at radius 1 is 0.458 bits per heavy atom. The lowest BCUT2D eigenvalue weighted by Gasteiger charge is -2.07. The maximum atomic E-state index is 4.88. The molecule has 0 N–H and O–H groups in total. The molecule has 114 valence electrons. The number of hydrogen-bond acceptors (Lipinski definition) is 4. The SMILES string of the molecule is Cc1ccc2c(ccc3nc4c(ccc5nc(C)ccc54)nc32)n1. The van der Waals surface area contributed by atoms with Gasteiger partial charge in [-0.2, -0.15) is 0 Å². The van der Waals surface area contributed by atoms with Crippen LogP contribution in [-0.4, -0.2) is 19.9 Å². The van der Waals surface area contributed by atoms with E-state index in [9.17, 15) is 0 Å². The highest BCUT2D eigenvalue weighted by Crippen LogP contribution is 2.27. The number of hydrogen-bond donors (Lipinski definition) is 0. The first-order chi connectivity index (χ1) is 11.7. The molecule has 3 aromatic heterocycles. The summed E-state index contributed by atoms with van der Waals surface area (Å²) in [6.45, 7) is 3.99. The van der Waals surface area contributed by atoms with E-state index in [0.29, 0.717) is 0 Å². The molecular formula is C20H14N4. The van der Waals surface area contributed by atoms with Gasteiger partial charge in [0, 0.05) is 22.2 Å². The summed E-state index contributed by atoms with van der Waals surface area (Å²) >= 11 is 0. The summed E-state index contributed by atoms with van der Waals surface area (Å²) in [6, 6.07) is 16.2. The Kier molecular flexibility index (Phi) is 2.59. The predicted molar refractivity (Wildman–Crippen MR) is 97.1 cm³/mol. The zero-order valence-electron chi connectivity index (χ0n) is 13.4. The quantitative estimate of drug-likeness (QED) is 0.312. The van der Waals surface area contributed by atoms with Crippen molar-refractivity contribution in [3.8, 4) is 0 Å². The van der Waals surface area contributed by atoms with Crippen LogP contribution in [0.5, 0.6) is 0 Å². The van der Waals surface area contributed by atoms with Crippen LogP contribution in [0.1, 0.15) is 11.4 Å². The van der Waals surface area contributed by atoms with Crippen LogP contribution in [-0.2, 0) is 0 Å². The van der Waals surface area contributed by atoms with Crippen molar-refractivity contribution in [2.45, 2.75) is 13.8 Å². The molecule has 0 saturated carbocycles. The lowest BCUT2D eigenvalue weighted by Crippen LogP contribution is -1.93. The van der Waals surface area contributed by atoms with Crippen molar-refractivity contribution < 1.29 is 0 Å². The average Bonchev–Trinajstić information content (AvgIpc) is 2.59. The number of rotatable bonds is 0. The van der Waals surface area contributed by atoms with Crippen LogP contribution in [0.2, 0.25) is 0 Å². The molecule has 0 amide bonds. The Morgan fingerprint density at radius 2 is 0.875 bits per heavy atom. The third kappa shape index (κ3) is 1.86. The first kappa shape index (κ1) is 13.3. The predicted octanol–water partition coefficient (Wildman–Crippen LogP) is 4.50. The fourth-order valence-corrected chi connectivity index (χ4v) is 3.21. The molecule has 0 spiro atoms. The van der Waals surface area contributed by atoms with Gasteiger partial charge in [0.25, 0.3) is 0 Å². The van der Waals surface area contributed by atoms with E-state index in [0.717, 1.165) is 55.3 Å². The molecule has 4 nitrogen and oxygen atoms in total. The zero-order chi connectivity index (χ0) is 16.3. The molecule has 0 saturated heterocycles. The first-order valence-corrected chi connectivity index (χ1v) is 7.93. The number of fused-ring (bicyclic) bond motifs is 6. The molecule has 3 heterocycles. The number of aryl methyl sites for hydroxylation is 2. The van der Waals surface area contributed by atoms with Gasteiger partial charge in [0.05, 0.1) is 33.1 Å². The highest BCUT2D eigenvalue weighted by Gasteiger charge is 2.09. The fraction of sp³-hybridized carbons (Fsp3) is 0.100. The van der Waals surface area contributed by atoms with Gasteiger partial charge in [0.15, 0.2) is 0 Å². The second-order valence-corrected chi connectivity index (χ2v) is 6.13. The largest absolute Gasteiger partial charge is 0.253 e. The van der Waals surface area contributed by atoms with E-state index < -0.39 is 0 Å². The van der Waals surface area contributed by atoms with Crippen molar-refractivity contribution in [3.63, 3.8) is 0 Å². The van der Waals surface area contributed by atoms with Gasteiger partial charge in [-0.05, 0) is 62.4 Å². The van der Waals surface area contributed by atoms with Crippen LogP contribution >= 0.6 is 0 Å². The van der Waals surface area contributed by atoms with Gasteiger partial charge >= 0.3 is 0 Å². The molecule has 0 bridgehead atoms. The summed E-state index contributed by atoms with van der Waals surface area (Å²) in [4.78, 5) is 18.9. The third-order valence-electron chi connectivity index (χ3n) is 4.39. The summed E-state index contributed by atoms with van der Waals surface area (Å²) in [6.07, 6.45) is 0. The first-order valence-electron chi connectivity index (χ1n) is 7.93. The summed E-state index contributed by atoms with van der Waals surface area (Å²) in [5, 5.41) is 2.07. The Hall–Kier alpha value is -3.14. The molecule has 0 aliphatic heterocycles. The van der Waals surface area contributed by atoms with E-state index in [2.05, 4.69) is 22.1 Å². The normalized spacial score (nSPS) is 11.8. The number of nitrogens with zero attached hydrogens (tertiary/aromatic N) is 4. The Labute approximate surface area is 138 Å². The summed E-state index contributed by atoms with van der Waals surface area (Å²) in [5.41, 5.74) is 7.47. The molecule has 0 atom stereocenters. The van der Waals surface area contributed by atoms with E-state index >= 15 is 0 Å². The maximum Gasteiger partial charge on any atom is 0.0988 e. The highest BCUT2D eigenvalue weighted by molar-refractivity contribution is 6.09. The molecule has 0 aliphatic carbocycles. The van der Waals surface area contributed by atoms with Crippen molar-refractivity contribution in [3.05, 3.63) is 59.9 Å². The monoisotopic (exact) mass is 310 g/mol. The van der Waals surface area contributed by atoms with E-state index in [-0.39, 0.29) is 0 Å².